The van der Waals surface area contributed by atoms with Gasteiger partial charge in [0.25, 0.3) is 11.8 Å². The van der Waals surface area contributed by atoms with Gasteiger partial charge in [-0.1, -0.05) is 18.2 Å². The normalized spacial score (nSPS) is 17.1. The van der Waals surface area contributed by atoms with Gasteiger partial charge in [-0.15, -0.1) is 0 Å². The van der Waals surface area contributed by atoms with Gasteiger partial charge in [0, 0.05) is 24.4 Å². The smallest absolute Gasteiger partial charge is 0.265 e. The van der Waals surface area contributed by atoms with E-state index in [1.807, 2.05) is 18.2 Å². The molecule has 0 aliphatic carbocycles. The third-order valence-electron chi connectivity index (χ3n) is 4.35. The Labute approximate surface area is 158 Å². The molecular weight excluding hydrogens is 344 g/mol. The van der Waals surface area contributed by atoms with Crippen LogP contribution in [-0.2, 0) is 9.53 Å². The van der Waals surface area contributed by atoms with Gasteiger partial charge in [-0.3, -0.25) is 9.59 Å². The van der Waals surface area contributed by atoms with Crippen LogP contribution in [0.15, 0.2) is 54.6 Å². The standard InChI is InChI=1S/C21H24N2O4/c1-15(27-18-6-3-2-4-7-18)20(24)23-17-11-9-16(10-12-17)21(25)22-14-19-8-5-13-26-19/h2-4,6-7,9-12,15,19H,5,8,13-14H2,1H3,(H,22,25)(H,23,24)/t15-,19+/m0/s1. The highest BCUT2D eigenvalue weighted by molar-refractivity contribution is 5.96. The van der Waals surface area contributed by atoms with Gasteiger partial charge in [0.2, 0.25) is 0 Å². The molecule has 2 aromatic rings. The maximum atomic E-state index is 12.3. The molecule has 2 atom stereocenters. The van der Waals surface area contributed by atoms with Crippen molar-refractivity contribution in [3.05, 3.63) is 60.2 Å². The first-order chi connectivity index (χ1) is 13.1. The van der Waals surface area contributed by atoms with Crippen LogP contribution in [0.1, 0.15) is 30.1 Å². The first-order valence-electron chi connectivity index (χ1n) is 9.14. The number of para-hydroxylation sites is 1. The van der Waals surface area contributed by atoms with E-state index in [-0.39, 0.29) is 17.9 Å². The van der Waals surface area contributed by atoms with E-state index in [1.54, 1.807) is 43.3 Å². The molecule has 2 aromatic carbocycles. The van der Waals surface area contributed by atoms with Crippen molar-refractivity contribution in [2.24, 2.45) is 0 Å². The van der Waals surface area contributed by atoms with Crippen molar-refractivity contribution in [3.8, 4) is 5.75 Å². The number of anilines is 1. The maximum absolute atomic E-state index is 12.3. The molecule has 0 saturated carbocycles. The minimum absolute atomic E-state index is 0.110. The Morgan fingerprint density at radius 3 is 2.56 bits per heavy atom. The Morgan fingerprint density at radius 1 is 1.15 bits per heavy atom. The van der Waals surface area contributed by atoms with Gasteiger partial charge >= 0.3 is 0 Å². The highest BCUT2D eigenvalue weighted by Crippen LogP contribution is 2.14. The highest BCUT2D eigenvalue weighted by Gasteiger charge is 2.17. The van der Waals surface area contributed by atoms with Gasteiger partial charge in [-0.25, -0.2) is 0 Å². The molecule has 0 bridgehead atoms. The number of rotatable bonds is 7. The van der Waals surface area contributed by atoms with Gasteiger partial charge in [-0.2, -0.15) is 0 Å². The molecule has 6 heteroatoms. The average molecular weight is 368 g/mol. The summed E-state index contributed by atoms with van der Waals surface area (Å²) in [5.41, 5.74) is 1.15. The summed E-state index contributed by atoms with van der Waals surface area (Å²) in [5, 5.41) is 5.66. The molecule has 1 fully saturated rings. The first kappa shape index (κ1) is 18.9. The van der Waals surface area contributed by atoms with Crippen LogP contribution >= 0.6 is 0 Å². The summed E-state index contributed by atoms with van der Waals surface area (Å²) in [6, 6.07) is 16.0. The van der Waals surface area contributed by atoms with Crippen LogP contribution in [0.3, 0.4) is 0 Å². The zero-order chi connectivity index (χ0) is 19.1. The molecule has 1 aliphatic rings. The van der Waals surface area contributed by atoms with Gasteiger partial charge in [0.05, 0.1) is 6.10 Å². The highest BCUT2D eigenvalue weighted by atomic mass is 16.5. The van der Waals surface area contributed by atoms with Crippen molar-refractivity contribution in [3.63, 3.8) is 0 Å². The Balaban J connectivity index is 1.49. The zero-order valence-corrected chi connectivity index (χ0v) is 15.3. The number of nitrogens with one attached hydrogen (secondary N) is 2. The second kappa shape index (κ2) is 9.19. The van der Waals surface area contributed by atoms with Crippen LogP contribution in [0.2, 0.25) is 0 Å². The van der Waals surface area contributed by atoms with Crippen LogP contribution in [-0.4, -0.2) is 37.2 Å². The van der Waals surface area contributed by atoms with Crippen LogP contribution < -0.4 is 15.4 Å². The number of carbonyl (C=O) groups excluding carboxylic acids is 2. The molecule has 2 N–H and O–H groups in total. The summed E-state index contributed by atoms with van der Waals surface area (Å²) in [6.45, 7) is 2.97. The summed E-state index contributed by atoms with van der Waals surface area (Å²) >= 11 is 0. The van der Waals surface area contributed by atoms with Crippen molar-refractivity contribution in [1.29, 1.82) is 0 Å². The van der Waals surface area contributed by atoms with Crippen LogP contribution in [0, 0.1) is 0 Å². The lowest BCUT2D eigenvalue weighted by molar-refractivity contribution is -0.122. The van der Waals surface area contributed by atoms with Crippen molar-refractivity contribution in [2.75, 3.05) is 18.5 Å². The SMILES string of the molecule is C[C@H](Oc1ccccc1)C(=O)Nc1ccc(C(=O)NC[C@H]2CCCO2)cc1. The van der Waals surface area contributed by atoms with E-state index >= 15 is 0 Å². The van der Waals surface area contributed by atoms with E-state index in [2.05, 4.69) is 10.6 Å². The van der Waals surface area contributed by atoms with Gasteiger partial charge in [0.15, 0.2) is 6.10 Å². The molecule has 1 aliphatic heterocycles. The Kier molecular flexibility index (Phi) is 6.44. The lowest BCUT2D eigenvalue weighted by atomic mass is 10.1. The van der Waals surface area contributed by atoms with Gasteiger partial charge < -0.3 is 20.1 Å². The third kappa shape index (κ3) is 5.56. The molecule has 0 radical (unpaired) electrons. The second-order valence-corrected chi connectivity index (χ2v) is 6.48. The molecule has 0 unspecified atom stereocenters. The minimum atomic E-state index is -0.637. The Hall–Kier alpha value is -2.86. The van der Waals surface area contributed by atoms with Gasteiger partial charge in [0.1, 0.15) is 5.75 Å². The molecule has 27 heavy (non-hydrogen) atoms. The van der Waals surface area contributed by atoms with E-state index in [0.29, 0.717) is 23.5 Å². The molecule has 6 nitrogen and oxygen atoms in total. The van der Waals surface area contributed by atoms with Crippen molar-refractivity contribution in [1.82, 2.24) is 5.32 Å². The van der Waals surface area contributed by atoms with E-state index in [0.717, 1.165) is 19.4 Å². The molecule has 2 amide bonds. The van der Waals surface area contributed by atoms with Crippen molar-refractivity contribution in [2.45, 2.75) is 32.0 Å². The van der Waals surface area contributed by atoms with Crippen LogP contribution in [0.4, 0.5) is 5.69 Å². The van der Waals surface area contributed by atoms with E-state index in [1.165, 1.54) is 0 Å². The fraction of sp³-hybridized carbons (Fsp3) is 0.333. The third-order valence-corrected chi connectivity index (χ3v) is 4.35. The Morgan fingerprint density at radius 2 is 1.89 bits per heavy atom. The molecule has 142 valence electrons. The molecule has 0 aromatic heterocycles. The quantitative estimate of drug-likeness (QED) is 0.788. The fourth-order valence-corrected chi connectivity index (χ4v) is 2.82. The predicted octanol–water partition coefficient (Wildman–Crippen LogP) is 3.00. The predicted molar refractivity (Wildman–Crippen MR) is 103 cm³/mol. The molecule has 1 saturated heterocycles. The van der Waals surface area contributed by atoms with Crippen molar-refractivity contribution >= 4 is 17.5 Å². The number of benzene rings is 2. The van der Waals surface area contributed by atoms with E-state index in [9.17, 15) is 9.59 Å². The first-order valence-corrected chi connectivity index (χ1v) is 9.14. The zero-order valence-electron chi connectivity index (χ0n) is 15.3. The summed E-state index contributed by atoms with van der Waals surface area (Å²) in [4.78, 5) is 24.4. The lowest BCUT2D eigenvalue weighted by Crippen LogP contribution is -2.32. The largest absolute Gasteiger partial charge is 0.481 e. The Bertz CT molecular complexity index is 756. The maximum Gasteiger partial charge on any atom is 0.265 e. The lowest BCUT2D eigenvalue weighted by Gasteiger charge is -2.15. The van der Waals surface area contributed by atoms with Crippen LogP contribution in [0.5, 0.6) is 5.75 Å². The van der Waals surface area contributed by atoms with Gasteiger partial charge in [-0.05, 0) is 56.2 Å². The van der Waals surface area contributed by atoms with E-state index < -0.39 is 6.10 Å². The number of carbonyl (C=O) groups is 2. The van der Waals surface area contributed by atoms with Crippen LogP contribution in [0.25, 0.3) is 0 Å². The number of hydrogen-bond donors (Lipinski definition) is 2. The summed E-state index contributed by atoms with van der Waals surface area (Å²) < 4.78 is 11.1. The summed E-state index contributed by atoms with van der Waals surface area (Å²) in [5.74, 6) is 0.233. The number of amides is 2. The van der Waals surface area contributed by atoms with Crippen molar-refractivity contribution < 1.29 is 19.1 Å². The fourth-order valence-electron chi connectivity index (χ4n) is 2.82. The second-order valence-electron chi connectivity index (χ2n) is 6.48. The minimum Gasteiger partial charge on any atom is -0.481 e. The number of hydrogen-bond acceptors (Lipinski definition) is 4. The molecule has 3 rings (SSSR count). The topological polar surface area (TPSA) is 76.7 Å². The molecular formula is C21H24N2O4. The molecule has 1 heterocycles. The average Bonchev–Trinajstić information content (AvgIpc) is 3.21. The summed E-state index contributed by atoms with van der Waals surface area (Å²) in [6.07, 6.45) is 1.50. The number of ether oxygens (including phenoxy) is 2. The summed E-state index contributed by atoms with van der Waals surface area (Å²) in [7, 11) is 0. The monoisotopic (exact) mass is 368 g/mol. The molecule has 0 spiro atoms. The van der Waals surface area contributed by atoms with E-state index in [4.69, 9.17) is 9.47 Å².